The van der Waals surface area contributed by atoms with Crippen molar-refractivity contribution in [1.29, 1.82) is 0 Å². The third kappa shape index (κ3) is 3.53. The van der Waals surface area contributed by atoms with Gasteiger partial charge in [0.15, 0.2) is 5.96 Å². The van der Waals surface area contributed by atoms with Crippen LogP contribution in [0.1, 0.15) is 16.9 Å². The molecule has 94 valence electrons. The van der Waals surface area contributed by atoms with E-state index >= 15 is 0 Å². The van der Waals surface area contributed by atoms with Gasteiger partial charge in [-0.25, -0.2) is 4.99 Å². The summed E-state index contributed by atoms with van der Waals surface area (Å²) in [6, 6.07) is 9.69. The predicted octanol–water partition coefficient (Wildman–Crippen LogP) is 2.03. The first-order valence-electron chi connectivity index (χ1n) is 5.71. The number of aliphatic imine (C=N–C) groups is 1. The monoisotopic (exact) mass is 261 g/mol. The maximum absolute atomic E-state index is 5.79. The SMILES string of the molecule is CCc1nnc(CN=C(N)Nc2ccccc2)s1. The van der Waals surface area contributed by atoms with E-state index < -0.39 is 0 Å². The fourth-order valence-electron chi connectivity index (χ4n) is 1.36. The number of hydrogen-bond acceptors (Lipinski definition) is 4. The zero-order valence-corrected chi connectivity index (χ0v) is 10.9. The predicted molar refractivity (Wildman–Crippen MR) is 74.7 cm³/mol. The van der Waals surface area contributed by atoms with E-state index in [1.807, 2.05) is 30.3 Å². The molecule has 0 saturated carbocycles. The van der Waals surface area contributed by atoms with E-state index in [4.69, 9.17) is 5.73 Å². The highest BCUT2D eigenvalue weighted by atomic mass is 32.1. The van der Waals surface area contributed by atoms with Crippen LogP contribution >= 0.6 is 11.3 Å². The summed E-state index contributed by atoms with van der Waals surface area (Å²) in [4.78, 5) is 4.23. The van der Waals surface area contributed by atoms with Crippen LogP contribution in [0.3, 0.4) is 0 Å². The van der Waals surface area contributed by atoms with Crippen molar-refractivity contribution in [2.24, 2.45) is 10.7 Å². The number of anilines is 1. The van der Waals surface area contributed by atoms with Crippen LogP contribution in [0, 0.1) is 0 Å². The second kappa shape index (κ2) is 6.11. The van der Waals surface area contributed by atoms with E-state index in [1.165, 1.54) is 0 Å². The van der Waals surface area contributed by atoms with Crippen LogP contribution in [0.4, 0.5) is 5.69 Å². The van der Waals surface area contributed by atoms with Crippen LogP contribution in [-0.2, 0) is 13.0 Å². The van der Waals surface area contributed by atoms with Gasteiger partial charge < -0.3 is 11.1 Å². The molecule has 2 aromatic rings. The third-order valence-corrected chi connectivity index (χ3v) is 3.29. The highest BCUT2D eigenvalue weighted by molar-refractivity contribution is 7.11. The van der Waals surface area contributed by atoms with Crippen molar-refractivity contribution in [3.8, 4) is 0 Å². The molecule has 3 N–H and O–H groups in total. The number of para-hydroxylation sites is 1. The van der Waals surface area contributed by atoms with Crippen molar-refractivity contribution < 1.29 is 0 Å². The molecule has 1 aromatic carbocycles. The van der Waals surface area contributed by atoms with Gasteiger partial charge in [-0.3, -0.25) is 0 Å². The minimum Gasteiger partial charge on any atom is -0.370 e. The number of rotatable bonds is 4. The molecule has 0 spiro atoms. The second-order valence-electron chi connectivity index (χ2n) is 3.64. The first-order valence-corrected chi connectivity index (χ1v) is 6.53. The minimum absolute atomic E-state index is 0.384. The van der Waals surface area contributed by atoms with E-state index in [0.29, 0.717) is 12.5 Å². The Bertz CT molecular complexity index is 520. The summed E-state index contributed by atoms with van der Waals surface area (Å²) >= 11 is 1.57. The molecular formula is C12H15N5S. The lowest BCUT2D eigenvalue weighted by Crippen LogP contribution is -2.22. The van der Waals surface area contributed by atoms with Crippen LogP contribution in [0.5, 0.6) is 0 Å². The van der Waals surface area contributed by atoms with Crippen molar-refractivity contribution in [2.45, 2.75) is 19.9 Å². The van der Waals surface area contributed by atoms with E-state index in [2.05, 4.69) is 27.4 Å². The molecule has 0 fully saturated rings. The molecule has 0 bridgehead atoms. The summed E-state index contributed by atoms with van der Waals surface area (Å²) in [5, 5.41) is 13.0. The molecule has 0 radical (unpaired) electrons. The second-order valence-corrected chi connectivity index (χ2v) is 4.78. The largest absolute Gasteiger partial charge is 0.370 e. The molecule has 6 heteroatoms. The number of benzene rings is 1. The molecule has 5 nitrogen and oxygen atoms in total. The number of nitrogens with zero attached hydrogens (tertiary/aromatic N) is 3. The fourth-order valence-corrected chi connectivity index (χ4v) is 2.07. The zero-order chi connectivity index (χ0) is 12.8. The maximum atomic E-state index is 5.79. The summed E-state index contributed by atoms with van der Waals surface area (Å²) in [6.45, 7) is 2.52. The number of aryl methyl sites for hydroxylation is 1. The average molecular weight is 261 g/mol. The minimum atomic E-state index is 0.384. The smallest absolute Gasteiger partial charge is 0.193 e. The average Bonchev–Trinajstić information content (AvgIpc) is 2.85. The van der Waals surface area contributed by atoms with Gasteiger partial charge in [-0.2, -0.15) is 0 Å². The summed E-state index contributed by atoms with van der Waals surface area (Å²) in [5.74, 6) is 0.384. The summed E-state index contributed by atoms with van der Waals surface area (Å²) in [7, 11) is 0. The quantitative estimate of drug-likeness (QED) is 0.652. The third-order valence-electron chi connectivity index (χ3n) is 2.24. The van der Waals surface area contributed by atoms with E-state index in [9.17, 15) is 0 Å². The Kier molecular flexibility index (Phi) is 4.25. The van der Waals surface area contributed by atoms with Crippen molar-refractivity contribution >= 4 is 23.0 Å². The van der Waals surface area contributed by atoms with Crippen LogP contribution in [0.2, 0.25) is 0 Å². The highest BCUT2D eigenvalue weighted by Crippen LogP contribution is 2.11. The molecule has 1 aromatic heterocycles. The lowest BCUT2D eigenvalue weighted by Gasteiger charge is -2.03. The van der Waals surface area contributed by atoms with Gasteiger partial charge in [0.25, 0.3) is 0 Å². The van der Waals surface area contributed by atoms with Crippen LogP contribution in [0.15, 0.2) is 35.3 Å². The molecule has 0 unspecified atom stereocenters. The number of hydrogen-bond donors (Lipinski definition) is 2. The first kappa shape index (κ1) is 12.5. The van der Waals surface area contributed by atoms with Crippen LogP contribution in [-0.4, -0.2) is 16.2 Å². The van der Waals surface area contributed by atoms with Gasteiger partial charge >= 0.3 is 0 Å². The standard InChI is InChI=1S/C12H15N5S/c1-2-10-16-17-11(18-10)8-14-12(13)15-9-6-4-3-5-7-9/h3-7H,2,8H2,1H3,(H3,13,14,15). The fraction of sp³-hybridized carbons (Fsp3) is 0.250. The van der Waals surface area contributed by atoms with Gasteiger partial charge in [0.2, 0.25) is 0 Å². The molecule has 18 heavy (non-hydrogen) atoms. The Morgan fingerprint density at radius 1 is 1.28 bits per heavy atom. The first-order chi connectivity index (χ1) is 8.78. The van der Waals surface area contributed by atoms with E-state index in [1.54, 1.807) is 11.3 Å². The van der Waals surface area contributed by atoms with Gasteiger partial charge in [-0.05, 0) is 18.6 Å². The van der Waals surface area contributed by atoms with E-state index in [0.717, 1.165) is 22.1 Å². The Morgan fingerprint density at radius 2 is 2.00 bits per heavy atom. The van der Waals surface area contributed by atoms with Gasteiger partial charge in [0.05, 0.1) is 6.54 Å². The Hall–Kier alpha value is -1.95. The van der Waals surface area contributed by atoms with Crippen LogP contribution < -0.4 is 11.1 Å². The number of nitrogens with two attached hydrogens (primary N) is 1. The molecule has 2 rings (SSSR count). The molecule has 0 aliphatic heterocycles. The summed E-state index contributed by atoms with van der Waals surface area (Å²) < 4.78 is 0. The van der Waals surface area contributed by atoms with Gasteiger partial charge in [0, 0.05) is 5.69 Å². The van der Waals surface area contributed by atoms with Crippen molar-refractivity contribution in [1.82, 2.24) is 10.2 Å². The molecule has 0 aliphatic carbocycles. The van der Waals surface area contributed by atoms with E-state index in [-0.39, 0.29) is 0 Å². The highest BCUT2D eigenvalue weighted by Gasteiger charge is 2.01. The molecule has 0 aliphatic rings. The van der Waals surface area contributed by atoms with Gasteiger partial charge in [-0.15, -0.1) is 10.2 Å². The summed E-state index contributed by atoms with van der Waals surface area (Å²) in [6.07, 6.45) is 0.902. The Labute approximate surface area is 110 Å². The molecule has 0 atom stereocenters. The Morgan fingerprint density at radius 3 is 2.67 bits per heavy atom. The van der Waals surface area contributed by atoms with Gasteiger partial charge in [0.1, 0.15) is 10.0 Å². The topological polar surface area (TPSA) is 76.2 Å². The molecule has 0 amide bonds. The molecule has 1 heterocycles. The number of guanidine groups is 1. The van der Waals surface area contributed by atoms with Crippen molar-refractivity contribution in [2.75, 3.05) is 5.32 Å². The number of aromatic nitrogens is 2. The number of nitrogens with one attached hydrogen (secondary N) is 1. The van der Waals surface area contributed by atoms with Crippen molar-refractivity contribution in [3.05, 3.63) is 40.3 Å². The Balaban J connectivity index is 1.93. The zero-order valence-electron chi connectivity index (χ0n) is 10.1. The normalized spacial score (nSPS) is 11.5. The maximum Gasteiger partial charge on any atom is 0.193 e. The lowest BCUT2D eigenvalue weighted by atomic mass is 10.3. The van der Waals surface area contributed by atoms with Crippen molar-refractivity contribution in [3.63, 3.8) is 0 Å². The summed E-state index contributed by atoms with van der Waals surface area (Å²) in [5.41, 5.74) is 6.71. The van der Waals surface area contributed by atoms with Gasteiger partial charge in [-0.1, -0.05) is 36.5 Å². The molecule has 0 saturated heterocycles. The molecular weight excluding hydrogens is 246 g/mol. The lowest BCUT2D eigenvalue weighted by molar-refractivity contribution is 0.921. The van der Waals surface area contributed by atoms with Crippen LogP contribution in [0.25, 0.3) is 0 Å².